The molecule has 0 heterocycles. The number of nitrogens with zero attached hydrogens (tertiary/aromatic N) is 1. The molecule has 0 aliphatic heterocycles. The highest BCUT2D eigenvalue weighted by Gasteiger charge is 2.42. The van der Waals surface area contributed by atoms with Crippen molar-refractivity contribution in [1.29, 1.82) is 0 Å². The molecular weight excluding hydrogens is 236 g/mol. The van der Waals surface area contributed by atoms with Gasteiger partial charge in [-0.25, -0.2) is 8.42 Å². The van der Waals surface area contributed by atoms with E-state index in [0.29, 0.717) is 18.5 Å². The van der Waals surface area contributed by atoms with Gasteiger partial charge >= 0.3 is 0 Å². The van der Waals surface area contributed by atoms with Crippen molar-refractivity contribution >= 4 is 10.0 Å². The molecule has 0 aromatic rings. The third-order valence-corrected chi connectivity index (χ3v) is 5.89. The maximum atomic E-state index is 12.5. The Morgan fingerprint density at radius 1 is 1.29 bits per heavy atom. The van der Waals surface area contributed by atoms with Crippen LogP contribution in [0.15, 0.2) is 0 Å². The van der Waals surface area contributed by atoms with E-state index < -0.39 is 10.0 Å². The molecule has 5 heteroatoms. The fourth-order valence-corrected chi connectivity index (χ4v) is 3.90. The average molecular weight is 260 g/mol. The molecule has 0 aromatic heterocycles. The molecule has 1 atom stereocenters. The SMILES string of the molecule is CCNCC(C)S(=O)(=O)N(CC1CC1)C1CC1. The maximum Gasteiger partial charge on any atom is 0.218 e. The summed E-state index contributed by atoms with van der Waals surface area (Å²) in [5, 5.41) is 2.83. The molecule has 2 aliphatic carbocycles. The van der Waals surface area contributed by atoms with Crippen LogP contribution in [0.3, 0.4) is 0 Å². The van der Waals surface area contributed by atoms with Crippen LogP contribution in [0.1, 0.15) is 39.5 Å². The molecule has 2 fully saturated rings. The van der Waals surface area contributed by atoms with Crippen LogP contribution in [0.5, 0.6) is 0 Å². The zero-order valence-corrected chi connectivity index (χ0v) is 11.7. The van der Waals surface area contributed by atoms with Gasteiger partial charge in [-0.05, 0) is 45.1 Å². The molecule has 2 saturated carbocycles. The van der Waals surface area contributed by atoms with Crippen LogP contribution in [0, 0.1) is 5.92 Å². The highest BCUT2D eigenvalue weighted by Crippen LogP contribution is 2.37. The third-order valence-electron chi connectivity index (χ3n) is 3.61. The predicted octanol–water partition coefficient (Wildman–Crippen LogP) is 1.19. The fraction of sp³-hybridized carbons (Fsp3) is 1.00. The lowest BCUT2D eigenvalue weighted by molar-refractivity contribution is 0.382. The van der Waals surface area contributed by atoms with Crippen molar-refractivity contribution in [3.63, 3.8) is 0 Å². The first-order chi connectivity index (χ1) is 8.05. The van der Waals surface area contributed by atoms with Crippen LogP contribution in [0.4, 0.5) is 0 Å². The molecule has 2 aliphatic rings. The largest absolute Gasteiger partial charge is 0.316 e. The van der Waals surface area contributed by atoms with Gasteiger partial charge in [-0.1, -0.05) is 6.92 Å². The quantitative estimate of drug-likeness (QED) is 0.713. The molecular formula is C12H24N2O2S. The highest BCUT2D eigenvalue weighted by atomic mass is 32.2. The van der Waals surface area contributed by atoms with E-state index in [0.717, 1.165) is 25.9 Å². The second-order valence-electron chi connectivity index (χ2n) is 5.41. The minimum Gasteiger partial charge on any atom is -0.316 e. The van der Waals surface area contributed by atoms with E-state index >= 15 is 0 Å². The van der Waals surface area contributed by atoms with Gasteiger partial charge in [0.05, 0.1) is 5.25 Å². The molecule has 0 saturated heterocycles. The van der Waals surface area contributed by atoms with Gasteiger partial charge in [-0.2, -0.15) is 4.31 Å². The molecule has 2 rings (SSSR count). The number of hydrogen-bond donors (Lipinski definition) is 1. The minimum absolute atomic E-state index is 0.304. The van der Waals surface area contributed by atoms with E-state index in [9.17, 15) is 8.42 Å². The fourth-order valence-electron chi connectivity index (χ4n) is 2.06. The number of nitrogens with one attached hydrogen (secondary N) is 1. The molecule has 0 radical (unpaired) electrons. The van der Waals surface area contributed by atoms with Crippen molar-refractivity contribution in [2.45, 2.75) is 50.8 Å². The first kappa shape index (κ1) is 13.3. The molecule has 0 amide bonds. The van der Waals surface area contributed by atoms with E-state index in [2.05, 4.69) is 5.32 Å². The molecule has 0 aromatic carbocycles. The van der Waals surface area contributed by atoms with Crippen LogP contribution in [-0.4, -0.2) is 43.6 Å². The smallest absolute Gasteiger partial charge is 0.218 e. The Hall–Kier alpha value is -0.130. The Bertz CT molecular complexity index is 348. The lowest BCUT2D eigenvalue weighted by Crippen LogP contribution is -2.44. The van der Waals surface area contributed by atoms with E-state index in [4.69, 9.17) is 0 Å². The Morgan fingerprint density at radius 3 is 2.41 bits per heavy atom. The predicted molar refractivity (Wildman–Crippen MR) is 69.4 cm³/mol. The monoisotopic (exact) mass is 260 g/mol. The molecule has 1 N–H and O–H groups in total. The Kier molecular flexibility index (Phi) is 4.10. The average Bonchev–Trinajstić information content (AvgIpc) is 3.15. The van der Waals surface area contributed by atoms with Gasteiger partial charge in [0.25, 0.3) is 0 Å². The summed E-state index contributed by atoms with van der Waals surface area (Å²) >= 11 is 0. The first-order valence-electron chi connectivity index (χ1n) is 6.77. The van der Waals surface area contributed by atoms with Crippen molar-refractivity contribution in [2.24, 2.45) is 5.92 Å². The summed E-state index contributed by atoms with van der Waals surface area (Å²) in [6, 6.07) is 0.310. The zero-order valence-electron chi connectivity index (χ0n) is 10.9. The minimum atomic E-state index is -3.09. The van der Waals surface area contributed by atoms with Gasteiger partial charge < -0.3 is 5.32 Å². The van der Waals surface area contributed by atoms with Crippen LogP contribution in [0.25, 0.3) is 0 Å². The highest BCUT2D eigenvalue weighted by molar-refractivity contribution is 7.89. The van der Waals surface area contributed by atoms with Gasteiger partial charge in [-0.3, -0.25) is 0 Å². The molecule has 0 bridgehead atoms. The van der Waals surface area contributed by atoms with E-state index in [1.165, 1.54) is 12.8 Å². The zero-order chi connectivity index (χ0) is 12.5. The standard InChI is InChI=1S/C12H24N2O2S/c1-3-13-8-10(2)17(15,16)14(12-6-7-12)9-11-4-5-11/h10-13H,3-9H2,1-2H3. The van der Waals surface area contributed by atoms with Crippen LogP contribution in [0.2, 0.25) is 0 Å². The molecule has 4 nitrogen and oxygen atoms in total. The topological polar surface area (TPSA) is 49.4 Å². The van der Waals surface area contributed by atoms with E-state index in [-0.39, 0.29) is 5.25 Å². The van der Waals surface area contributed by atoms with Crippen molar-refractivity contribution in [2.75, 3.05) is 19.6 Å². The lowest BCUT2D eigenvalue weighted by atomic mass is 10.4. The van der Waals surface area contributed by atoms with Crippen LogP contribution < -0.4 is 5.32 Å². The Morgan fingerprint density at radius 2 is 1.94 bits per heavy atom. The molecule has 0 spiro atoms. The van der Waals surface area contributed by atoms with Crippen molar-refractivity contribution in [3.8, 4) is 0 Å². The second kappa shape index (κ2) is 5.24. The van der Waals surface area contributed by atoms with Gasteiger partial charge in [0, 0.05) is 19.1 Å². The van der Waals surface area contributed by atoms with E-state index in [1.54, 1.807) is 4.31 Å². The summed E-state index contributed by atoms with van der Waals surface area (Å²) in [6.45, 7) is 5.98. The van der Waals surface area contributed by atoms with Gasteiger partial charge in [-0.15, -0.1) is 0 Å². The van der Waals surface area contributed by atoms with Crippen molar-refractivity contribution in [1.82, 2.24) is 9.62 Å². The van der Waals surface area contributed by atoms with Crippen LogP contribution in [-0.2, 0) is 10.0 Å². The number of rotatable bonds is 8. The lowest BCUT2D eigenvalue weighted by Gasteiger charge is -2.25. The van der Waals surface area contributed by atoms with Crippen molar-refractivity contribution in [3.05, 3.63) is 0 Å². The third kappa shape index (κ3) is 3.42. The Labute approximate surface area is 105 Å². The van der Waals surface area contributed by atoms with Gasteiger partial charge in [0.15, 0.2) is 0 Å². The summed E-state index contributed by atoms with van der Waals surface area (Å²) in [5.74, 6) is 0.636. The molecule has 17 heavy (non-hydrogen) atoms. The normalized spacial score (nSPS) is 23.0. The Balaban J connectivity index is 1.98. The van der Waals surface area contributed by atoms with E-state index in [1.807, 2.05) is 13.8 Å². The number of sulfonamides is 1. The first-order valence-corrected chi connectivity index (χ1v) is 8.27. The number of hydrogen-bond acceptors (Lipinski definition) is 3. The maximum absolute atomic E-state index is 12.5. The summed E-state index contributed by atoms with van der Waals surface area (Å²) in [7, 11) is -3.09. The van der Waals surface area contributed by atoms with Crippen LogP contribution >= 0.6 is 0 Å². The summed E-state index contributed by atoms with van der Waals surface area (Å²) in [4.78, 5) is 0. The second-order valence-corrected chi connectivity index (χ2v) is 7.71. The van der Waals surface area contributed by atoms with Gasteiger partial charge in [0.1, 0.15) is 0 Å². The van der Waals surface area contributed by atoms with Crippen molar-refractivity contribution < 1.29 is 8.42 Å². The summed E-state index contributed by atoms with van der Waals surface area (Å²) in [5.41, 5.74) is 0. The molecule has 100 valence electrons. The van der Waals surface area contributed by atoms with Gasteiger partial charge in [0.2, 0.25) is 10.0 Å². The molecule has 1 unspecified atom stereocenters. The summed E-state index contributed by atoms with van der Waals surface area (Å²) in [6.07, 6.45) is 4.53. The summed E-state index contributed by atoms with van der Waals surface area (Å²) < 4.78 is 26.7.